The summed E-state index contributed by atoms with van der Waals surface area (Å²) in [5.41, 5.74) is 3.09. The molecule has 1 heterocycles. The van der Waals surface area contributed by atoms with Crippen LogP contribution in [0.5, 0.6) is 0 Å². The number of aryl methyl sites for hydroxylation is 1. The maximum atomic E-state index is 13.0. The highest BCUT2D eigenvalue weighted by atomic mass is 16.2. The molecule has 1 saturated carbocycles. The third kappa shape index (κ3) is 5.56. The van der Waals surface area contributed by atoms with Gasteiger partial charge in [0, 0.05) is 58.2 Å². The molecule has 5 rings (SSSR count). The molecule has 34 heavy (non-hydrogen) atoms. The lowest BCUT2D eigenvalue weighted by Crippen LogP contribution is -2.52. The quantitative estimate of drug-likeness (QED) is 0.513. The highest BCUT2D eigenvalue weighted by Gasteiger charge is 2.51. The second-order valence-corrected chi connectivity index (χ2v) is 11.4. The number of carbonyl (C=O) groups is 2. The summed E-state index contributed by atoms with van der Waals surface area (Å²) in [7, 11) is 0. The third-order valence-corrected chi connectivity index (χ3v) is 8.64. The summed E-state index contributed by atoms with van der Waals surface area (Å²) in [5, 5.41) is 0. The van der Waals surface area contributed by atoms with Gasteiger partial charge in [0.15, 0.2) is 0 Å². The number of carbonyl (C=O) groups excluding carboxylic acids is 2. The van der Waals surface area contributed by atoms with Crippen LogP contribution in [0.3, 0.4) is 0 Å². The lowest BCUT2D eigenvalue weighted by Gasteiger charge is -2.57. The molecule has 0 aromatic heterocycles. The number of allylic oxidation sites excluding steroid dienone is 1. The van der Waals surface area contributed by atoms with Gasteiger partial charge in [-0.05, 0) is 42.1 Å². The first-order chi connectivity index (χ1) is 16.3. The smallest absolute Gasteiger partial charge is 0.225 e. The van der Waals surface area contributed by atoms with Crippen LogP contribution in [-0.4, -0.2) is 72.3 Å². The van der Waals surface area contributed by atoms with Crippen molar-refractivity contribution in [3.63, 3.8) is 0 Å². The summed E-state index contributed by atoms with van der Waals surface area (Å²) < 4.78 is 0. The number of piperazine rings is 1. The van der Waals surface area contributed by atoms with Crippen molar-refractivity contribution in [1.82, 2.24) is 14.7 Å². The topological polar surface area (TPSA) is 43.9 Å². The second-order valence-electron chi connectivity index (χ2n) is 11.4. The first-order valence-corrected chi connectivity index (χ1v) is 13.3. The Labute approximate surface area is 206 Å². The summed E-state index contributed by atoms with van der Waals surface area (Å²) in [5.74, 6) is 1.99. The van der Waals surface area contributed by atoms with Gasteiger partial charge in [-0.25, -0.2) is 0 Å². The van der Waals surface area contributed by atoms with Crippen LogP contribution in [0.15, 0.2) is 42.0 Å². The van der Waals surface area contributed by atoms with E-state index in [1.807, 2.05) is 36.9 Å². The monoisotopic (exact) mass is 465 g/mol. The van der Waals surface area contributed by atoms with Crippen molar-refractivity contribution in [2.75, 3.05) is 45.8 Å². The molecule has 5 heteroatoms. The van der Waals surface area contributed by atoms with Crippen molar-refractivity contribution in [3.8, 4) is 0 Å². The highest BCUT2D eigenvalue weighted by molar-refractivity contribution is 5.78. The Morgan fingerprint density at radius 3 is 2.41 bits per heavy atom. The molecule has 5 nitrogen and oxygen atoms in total. The van der Waals surface area contributed by atoms with E-state index in [-0.39, 0.29) is 17.7 Å². The van der Waals surface area contributed by atoms with Crippen LogP contribution >= 0.6 is 0 Å². The van der Waals surface area contributed by atoms with E-state index in [1.165, 1.54) is 24.0 Å². The number of rotatable bonds is 9. The molecule has 1 aromatic carbocycles. The molecule has 2 bridgehead atoms. The van der Waals surface area contributed by atoms with Crippen LogP contribution in [0.25, 0.3) is 0 Å². The largest absolute Gasteiger partial charge is 0.340 e. The maximum absolute atomic E-state index is 13.0. The van der Waals surface area contributed by atoms with Crippen LogP contribution in [0.4, 0.5) is 0 Å². The summed E-state index contributed by atoms with van der Waals surface area (Å²) in [6.07, 6.45) is 6.27. The van der Waals surface area contributed by atoms with Crippen molar-refractivity contribution in [2.24, 2.45) is 23.2 Å². The predicted molar refractivity (Wildman–Crippen MR) is 137 cm³/mol. The van der Waals surface area contributed by atoms with Crippen LogP contribution in [-0.2, 0) is 16.0 Å². The van der Waals surface area contributed by atoms with Crippen LogP contribution in [0.2, 0.25) is 0 Å². The molecule has 2 amide bonds. The Morgan fingerprint density at radius 2 is 1.79 bits per heavy atom. The predicted octanol–water partition coefficient (Wildman–Crippen LogP) is 4.24. The van der Waals surface area contributed by atoms with E-state index in [0.29, 0.717) is 17.8 Å². The zero-order chi connectivity index (χ0) is 24.3. The lowest BCUT2D eigenvalue weighted by atomic mass is 9.49. The van der Waals surface area contributed by atoms with E-state index in [0.717, 1.165) is 58.2 Å². The first-order valence-electron chi connectivity index (χ1n) is 13.3. The number of fused-ring (bicyclic) bond motifs is 1. The van der Waals surface area contributed by atoms with Gasteiger partial charge in [-0.15, -0.1) is 0 Å². The maximum Gasteiger partial charge on any atom is 0.225 e. The second kappa shape index (κ2) is 10.6. The van der Waals surface area contributed by atoms with E-state index in [2.05, 4.69) is 41.9 Å². The molecule has 0 N–H and O–H groups in total. The fraction of sp³-hybridized carbons (Fsp3) is 0.655. The standard InChI is InChI=1S/C29H43N3O2/c1-22(2)28(34)32(21-24-11-12-25-20-26(24)29(25,3)4)19-16-30-14-17-31(18-15-30)27(33)13-10-23-8-6-5-7-9-23/h5-9,11,22,25-26H,10,12-21H2,1-4H3. The summed E-state index contributed by atoms with van der Waals surface area (Å²) in [4.78, 5) is 32.2. The Morgan fingerprint density at radius 1 is 1.09 bits per heavy atom. The van der Waals surface area contributed by atoms with E-state index >= 15 is 0 Å². The minimum atomic E-state index is 0.0189. The average Bonchev–Trinajstić information content (AvgIpc) is 2.85. The van der Waals surface area contributed by atoms with Gasteiger partial charge in [0.05, 0.1) is 0 Å². The third-order valence-electron chi connectivity index (χ3n) is 8.64. The van der Waals surface area contributed by atoms with Crippen LogP contribution in [0.1, 0.15) is 52.5 Å². The van der Waals surface area contributed by atoms with E-state index in [1.54, 1.807) is 0 Å². The Balaban J connectivity index is 1.24. The Kier molecular flexibility index (Phi) is 7.81. The number of hydrogen-bond donors (Lipinski definition) is 0. The number of hydrogen-bond acceptors (Lipinski definition) is 3. The number of benzene rings is 1. The molecule has 1 aromatic rings. The van der Waals surface area contributed by atoms with Gasteiger partial charge >= 0.3 is 0 Å². The zero-order valence-corrected chi connectivity index (χ0v) is 21.6. The first kappa shape index (κ1) is 25.0. The van der Waals surface area contributed by atoms with Crippen LogP contribution < -0.4 is 0 Å². The lowest BCUT2D eigenvalue weighted by molar-refractivity contribution is -0.134. The molecule has 3 aliphatic carbocycles. The SMILES string of the molecule is CC(C)C(=O)N(CCN1CCN(C(=O)CCc2ccccc2)CC1)CC1=CCC2CC1C2(C)C. The molecule has 0 radical (unpaired) electrons. The minimum absolute atomic E-state index is 0.0189. The summed E-state index contributed by atoms with van der Waals surface area (Å²) in [6.45, 7) is 14.6. The zero-order valence-electron chi connectivity index (χ0n) is 21.6. The molecular weight excluding hydrogens is 422 g/mol. The molecule has 2 atom stereocenters. The molecule has 1 saturated heterocycles. The van der Waals surface area contributed by atoms with Gasteiger partial charge in [0.25, 0.3) is 0 Å². The van der Waals surface area contributed by atoms with E-state index in [9.17, 15) is 9.59 Å². The number of nitrogens with zero attached hydrogens (tertiary/aromatic N) is 3. The van der Waals surface area contributed by atoms with Gasteiger partial charge in [-0.1, -0.05) is 69.7 Å². The van der Waals surface area contributed by atoms with Gasteiger partial charge in [-0.2, -0.15) is 0 Å². The Bertz CT molecular complexity index is 884. The molecule has 186 valence electrons. The van der Waals surface area contributed by atoms with Gasteiger partial charge in [0.2, 0.25) is 11.8 Å². The molecular formula is C29H43N3O2. The van der Waals surface area contributed by atoms with Crippen LogP contribution in [0, 0.1) is 23.2 Å². The fourth-order valence-corrected chi connectivity index (χ4v) is 6.05. The van der Waals surface area contributed by atoms with Gasteiger partial charge in [0.1, 0.15) is 0 Å². The van der Waals surface area contributed by atoms with Gasteiger partial charge in [-0.3, -0.25) is 14.5 Å². The van der Waals surface area contributed by atoms with Crippen molar-refractivity contribution in [2.45, 2.75) is 53.4 Å². The Hall–Kier alpha value is -2.14. The molecule has 2 unspecified atom stereocenters. The molecule has 0 spiro atoms. The van der Waals surface area contributed by atoms with Gasteiger partial charge < -0.3 is 9.80 Å². The molecule has 1 aliphatic heterocycles. The highest BCUT2D eigenvalue weighted by Crippen LogP contribution is 2.59. The summed E-state index contributed by atoms with van der Waals surface area (Å²) in [6, 6.07) is 10.2. The van der Waals surface area contributed by atoms with Crippen molar-refractivity contribution >= 4 is 11.8 Å². The van der Waals surface area contributed by atoms with Crippen molar-refractivity contribution in [1.29, 1.82) is 0 Å². The van der Waals surface area contributed by atoms with Crippen molar-refractivity contribution < 1.29 is 9.59 Å². The normalized spacial score (nSPS) is 23.9. The fourth-order valence-electron chi connectivity index (χ4n) is 6.05. The van der Waals surface area contributed by atoms with E-state index in [4.69, 9.17) is 0 Å². The molecule has 4 aliphatic rings. The summed E-state index contributed by atoms with van der Waals surface area (Å²) >= 11 is 0. The molecule has 2 fully saturated rings. The minimum Gasteiger partial charge on any atom is -0.340 e. The number of amides is 2. The average molecular weight is 466 g/mol. The van der Waals surface area contributed by atoms with Crippen molar-refractivity contribution in [3.05, 3.63) is 47.5 Å². The van der Waals surface area contributed by atoms with E-state index < -0.39 is 0 Å².